The first-order valence-corrected chi connectivity index (χ1v) is 7.38. The van der Waals surface area contributed by atoms with Crippen molar-refractivity contribution in [1.29, 1.82) is 5.26 Å². The fourth-order valence-electron chi connectivity index (χ4n) is 2.74. The monoisotopic (exact) mass is 296 g/mol. The molecule has 2 heterocycles. The highest BCUT2D eigenvalue weighted by atomic mass is 19.1. The first-order valence-electron chi connectivity index (χ1n) is 7.38. The molecule has 1 aromatic heterocycles. The summed E-state index contributed by atoms with van der Waals surface area (Å²) in [5.41, 5.74) is 1.62. The molecule has 0 unspecified atom stereocenters. The standard InChI is InChI=1S/C17H17FN4/c18-14-3-5-16(6-4-14)22-10-7-15(8-11-22)21-17-13(12-19)2-1-9-20-17/h1-6,9,15H,7-8,10-11H2,(H,20,21). The van der Waals surface area contributed by atoms with Crippen LogP contribution in [-0.2, 0) is 0 Å². The third-order valence-corrected chi connectivity index (χ3v) is 3.96. The summed E-state index contributed by atoms with van der Waals surface area (Å²) in [6, 6.07) is 12.6. The van der Waals surface area contributed by atoms with Crippen LogP contribution in [0.3, 0.4) is 0 Å². The molecule has 0 amide bonds. The molecular formula is C17H17FN4. The van der Waals surface area contributed by atoms with Gasteiger partial charge in [0.2, 0.25) is 0 Å². The number of benzene rings is 1. The van der Waals surface area contributed by atoms with Gasteiger partial charge in [0.15, 0.2) is 0 Å². The number of halogens is 1. The maximum absolute atomic E-state index is 13.0. The summed E-state index contributed by atoms with van der Waals surface area (Å²) in [6.07, 6.45) is 3.61. The molecule has 1 aromatic carbocycles. The number of pyridine rings is 1. The third-order valence-electron chi connectivity index (χ3n) is 3.96. The van der Waals surface area contributed by atoms with Crippen LogP contribution < -0.4 is 10.2 Å². The molecule has 0 bridgehead atoms. The highest BCUT2D eigenvalue weighted by Gasteiger charge is 2.20. The summed E-state index contributed by atoms with van der Waals surface area (Å²) in [5, 5.41) is 12.5. The van der Waals surface area contributed by atoms with Gasteiger partial charge in [-0.05, 0) is 49.2 Å². The topological polar surface area (TPSA) is 52.0 Å². The Bertz CT molecular complexity index is 670. The molecule has 112 valence electrons. The van der Waals surface area contributed by atoms with E-state index in [9.17, 15) is 4.39 Å². The summed E-state index contributed by atoms with van der Waals surface area (Å²) in [7, 11) is 0. The van der Waals surface area contributed by atoms with Gasteiger partial charge in [-0.2, -0.15) is 5.26 Å². The molecule has 1 aliphatic heterocycles. The molecule has 1 N–H and O–H groups in total. The third kappa shape index (κ3) is 3.17. The van der Waals surface area contributed by atoms with E-state index in [1.54, 1.807) is 18.3 Å². The number of nitrogens with one attached hydrogen (secondary N) is 1. The minimum Gasteiger partial charge on any atom is -0.371 e. The molecule has 0 atom stereocenters. The minimum absolute atomic E-state index is 0.209. The van der Waals surface area contributed by atoms with Crippen LogP contribution in [0, 0.1) is 17.1 Å². The van der Waals surface area contributed by atoms with Gasteiger partial charge in [-0.15, -0.1) is 0 Å². The number of nitriles is 1. The van der Waals surface area contributed by atoms with Gasteiger partial charge in [0, 0.05) is 31.0 Å². The van der Waals surface area contributed by atoms with E-state index < -0.39 is 0 Å². The minimum atomic E-state index is -0.209. The van der Waals surface area contributed by atoms with E-state index in [2.05, 4.69) is 21.3 Å². The predicted octanol–water partition coefficient (Wildman–Crippen LogP) is 3.17. The number of aromatic nitrogens is 1. The smallest absolute Gasteiger partial charge is 0.144 e. The Morgan fingerprint density at radius 2 is 1.91 bits per heavy atom. The van der Waals surface area contributed by atoms with Crippen molar-refractivity contribution in [3.05, 3.63) is 54.0 Å². The van der Waals surface area contributed by atoms with Gasteiger partial charge in [0.05, 0.1) is 5.56 Å². The summed E-state index contributed by atoms with van der Waals surface area (Å²) < 4.78 is 13.0. The second kappa shape index (κ2) is 6.44. The Hall–Kier alpha value is -2.61. The summed E-state index contributed by atoms with van der Waals surface area (Å²) in [4.78, 5) is 6.49. The van der Waals surface area contributed by atoms with Crippen molar-refractivity contribution >= 4 is 11.5 Å². The summed E-state index contributed by atoms with van der Waals surface area (Å²) >= 11 is 0. The van der Waals surface area contributed by atoms with E-state index in [4.69, 9.17) is 5.26 Å². The number of anilines is 2. The zero-order valence-corrected chi connectivity index (χ0v) is 12.2. The fraction of sp³-hybridized carbons (Fsp3) is 0.294. The van der Waals surface area contributed by atoms with Crippen molar-refractivity contribution in [2.45, 2.75) is 18.9 Å². The van der Waals surface area contributed by atoms with Gasteiger partial charge in [0.1, 0.15) is 17.7 Å². The van der Waals surface area contributed by atoms with Crippen molar-refractivity contribution in [2.75, 3.05) is 23.3 Å². The lowest BCUT2D eigenvalue weighted by Crippen LogP contribution is -2.39. The quantitative estimate of drug-likeness (QED) is 0.945. The van der Waals surface area contributed by atoms with Crippen molar-refractivity contribution in [3.63, 3.8) is 0 Å². The van der Waals surface area contributed by atoms with Gasteiger partial charge in [-0.1, -0.05) is 0 Å². The Morgan fingerprint density at radius 1 is 1.18 bits per heavy atom. The molecule has 0 spiro atoms. The number of nitrogens with zero attached hydrogens (tertiary/aromatic N) is 3. The molecule has 3 rings (SSSR count). The predicted molar refractivity (Wildman–Crippen MR) is 84.2 cm³/mol. The molecule has 0 saturated carbocycles. The van der Waals surface area contributed by atoms with Crippen LogP contribution in [0.1, 0.15) is 18.4 Å². The zero-order chi connectivity index (χ0) is 15.4. The van der Waals surface area contributed by atoms with E-state index in [1.807, 2.05) is 12.1 Å². The van der Waals surface area contributed by atoms with Crippen LogP contribution in [0.25, 0.3) is 0 Å². The van der Waals surface area contributed by atoms with Crippen LogP contribution in [0.5, 0.6) is 0 Å². The normalized spacial score (nSPS) is 15.4. The average Bonchev–Trinajstić information content (AvgIpc) is 2.57. The van der Waals surface area contributed by atoms with Gasteiger partial charge in [0.25, 0.3) is 0 Å². The van der Waals surface area contributed by atoms with Crippen molar-refractivity contribution in [3.8, 4) is 6.07 Å². The number of rotatable bonds is 3. The van der Waals surface area contributed by atoms with Gasteiger partial charge >= 0.3 is 0 Å². The van der Waals surface area contributed by atoms with E-state index in [-0.39, 0.29) is 5.82 Å². The van der Waals surface area contributed by atoms with Crippen molar-refractivity contribution in [2.24, 2.45) is 0 Å². The second-order valence-corrected chi connectivity index (χ2v) is 5.39. The maximum atomic E-state index is 13.0. The molecule has 2 aromatic rings. The number of piperidine rings is 1. The lowest BCUT2D eigenvalue weighted by atomic mass is 10.0. The van der Waals surface area contributed by atoms with Crippen LogP contribution in [0.4, 0.5) is 15.9 Å². The Morgan fingerprint density at radius 3 is 2.59 bits per heavy atom. The first kappa shape index (κ1) is 14.3. The van der Waals surface area contributed by atoms with Crippen molar-refractivity contribution in [1.82, 2.24) is 4.98 Å². The maximum Gasteiger partial charge on any atom is 0.144 e. The highest BCUT2D eigenvalue weighted by molar-refractivity contribution is 5.52. The summed E-state index contributed by atoms with van der Waals surface area (Å²) in [6.45, 7) is 1.80. The Kier molecular flexibility index (Phi) is 4.19. The van der Waals surface area contributed by atoms with E-state index in [1.165, 1.54) is 12.1 Å². The molecule has 0 aliphatic carbocycles. The number of hydrogen-bond acceptors (Lipinski definition) is 4. The highest BCUT2D eigenvalue weighted by Crippen LogP contribution is 2.22. The van der Waals surface area contributed by atoms with Crippen LogP contribution in [-0.4, -0.2) is 24.1 Å². The Labute approximate surface area is 129 Å². The van der Waals surface area contributed by atoms with Gasteiger partial charge < -0.3 is 10.2 Å². The molecule has 4 nitrogen and oxygen atoms in total. The number of hydrogen-bond donors (Lipinski definition) is 1. The SMILES string of the molecule is N#Cc1cccnc1NC1CCN(c2ccc(F)cc2)CC1. The second-order valence-electron chi connectivity index (χ2n) is 5.39. The molecular weight excluding hydrogens is 279 g/mol. The van der Waals surface area contributed by atoms with Crippen molar-refractivity contribution < 1.29 is 4.39 Å². The molecule has 1 aliphatic rings. The molecule has 0 radical (unpaired) electrons. The van der Waals surface area contributed by atoms with E-state index in [0.717, 1.165) is 31.6 Å². The molecule has 22 heavy (non-hydrogen) atoms. The lowest BCUT2D eigenvalue weighted by molar-refractivity contribution is 0.525. The fourth-order valence-corrected chi connectivity index (χ4v) is 2.74. The van der Waals surface area contributed by atoms with Crippen LogP contribution >= 0.6 is 0 Å². The summed E-state index contributed by atoms with van der Waals surface area (Å²) in [5.74, 6) is 0.449. The molecule has 5 heteroatoms. The van der Waals surface area contributed by atoms with E-state index in [0.29, 0.717) is 17.4 Å². The first-order chi connectivity index (χ1) is 10.8. The van der Waals surface area contributed by atoms with E-state index >= 15 is 0 Å². The van der Waals surface area contributed by atoms with Crippen LogP contribution in [0.2, 0.25) is 0 Å². The lowest BCUT2D eigenvalue weighted by Gasteiger charge is -2.34. The molecule has 1 fully saturated rings. The van der Waals surface area contributed by atoms with Gasteiger partial charge in [-0.3, -0.25) is 0 Å². The Balaban J connectivity index is 1.60. The van der Waals surface area contributed by atoms with Gasteiger partial charge in [-0.25, -0.2) is 9.37 Å². The zero-order valence-electron chi connectivity index (χ0n) is 12.2. The molecule has 1 saturated heterocycles. The van der Waals surface area contributed by atoms with Crippen LogP contribution in [0.15, 0.2) is 42.6 Å². The largest absolute Gasteiger partial charge is 0.371 e. The average molecular weight is 296 g/mol.